The second-order valence-electron chi connectivity index (χ2n) is 5.98. The Hall–Kier alpha value is -1.58. The van der Waals surface area contributed by atoms with Crippen molar-refractivity contribution in [1.82, 2.24) is 10.6 Å². The zero-order chi connectivity index (χ0) is 19.1. The number of hydrogen-bond donors (Lipinski definition) is 3. The number of aliphatic hydroxyl groups is 1. The van der Waals surface area contributed by atoms with Crippen LogP contribution in [0.25, 0.3) is 0 Å². The van der Waals surface area contributed by atoms with E-state index in [1.807, 2.05) is 24.3 Å². The molecule has 0 unspecified atom stereocenters. The summed E-state index contributed by atoms with van der Waals surface area (Å²) in [6.07, 6.45) is -0.864. The maximum atomic E-state index is 13.3. The van der Waals surface area contributed by atoms with E-state index in [4.69, 9.17) is 0 Å². The van der Waals surface area contributed by atoms with Crippen molar-refractivity contribution in [3.63, 3.8) is 0 Å². The zero-order valence-corrected chi connectivity index (χ0v) is 16.2. The Morgan fingerprint density at radius 2 is 1.85 bits per heavy atom. The maximum Gasteiger partial charge on any atom is 0.220 e. The summed E-state index contributed by atoms with van der Waals surface area (Å²) in [6.45, 7) is 4.00. The minimum Gasteiger partial charge on any atom is -0.390 e. The van der Waals surface area contributed by atoms with Crippen LogP contribution in [0.4, 0.5) is 8.78 Å². The largest absolute Gasteiger partial charge is 0.390 e. The highest BCUT2D eigenvalue weighted by atomic mass is 127. The van der Waals surface area contributed by atoms with Gasteiger partial charge in [-0.3, -0.25) is 4.79 Å². The van der Waals surface area contributed by atoms with Gasteiger partial charge in [0.25, 0.3) is 0 Å². The Balaban J connectivity index is 1.97. The van der Waals surface area contributed by atoms with Crippen LogP contribution in [0.5, 0.6) is 0 Å². The van der Waals surface area contributed by atoms with E-state index in [1.54, 1.807) is 0 Å². The molecule has 0 aliphatic heterocycles. The highest BCUT2D eigenvalue weighted by molar-refractivity contribution is 14.1. The number of hydrogen-bond acceptors (Lipinski definition) is 3. The molecule has 2 aromatic rings. The van der Waals surface area contributed by atoms with E-state index >= 15 is 0 Å². The first-order valence-corrected chi connectivity index (χ1v) is 9.12. The van der Waals surface area contributed by atoms with E-state index in [0.717, 1.165) is 15.2 Å². The minimum absolute atomic E-state index is 0.0853. The number of halogens is 3. The molecule has 0 saturated heterocycles. The summed E-state index contributed by atoms with van der Waals surface area (Å²) in [4.78, 5) is 11.3. The van der Waals surface area contributed by atoms with Gasteiger partial charge in [0.15, 0.2) is 0 Å². The molecule has 139 valence electrons. The number of nitrogens with one attached hydrogen (secondary N) is 2. The lowest BCUT2D eigenvalue weighted by molar-refractivity contribution is -0.118. The Labute approximate surface area is 165 Å². The van der Waals surface area contributed by atoms with Gasteiger partial charge in [-0.15, -0.1) is 0 Å². The smallest absolute Gasteiger partial charge is 0.220 e. The van der Waals surface area contributed by atoms with Crippen molar-refractivity contribution in [3.05, 3.63) is 75.7 Å². The first-order chi connectivity index (χ1) is 12.3. The first-order valence-electron chi connectivity index (χ1n) is 8.04. The lowest BCUT2D eigenvalue weighted by Crippen LogP contribution is -2.48. The lowest BCUT2D eigenvalue weighted by Gasteiger charge is -2.24. The molecule has 0 saturated carbocycles. The first kappa shape index (κ1) is 20.7. The summed E-state index contributed by atoms with van der Waals surface area (Å²) in [5, 5.41) is 16.1. The van der Waals surface area contributed by atoms with Gasteiger partial charge >= 0.3 is 0 Å². The Morgan fingerprint density at radius 3 is 2.46 bits per heavy atom. The van der Waals surface area contributed by atoms with E-state index in [0.29, 0.717) is 12.1 Å². The van der Waals surface area contributed by atoms with Gasteiger partial charge in [0.05, 0.1) is 12.1 Å². The fraction of sp³-hybridized carbons (Fsp3) is 0.263. The molecule has 3 N–H and O–H groups in total. The average molecular weight is 473 g/mol. The number of benzene rings is 2. The Morgan fingerprint density at radius 1 is 1.15 bits per heavy atom. The molecule has 1 amide bonds. The fourth-order valence-electron chi connectivity index (χ4n) is 2.63. The molecule has 0 bridgehead atoms. The normalized spacial score (nSPS) is 13.3. The van der Waals surface area contributed by atoms with E-state index in [2.05, 4.69) is 40.1 Å². The number of carbonyl (C=O) groups is 1. The third kappa shape index (κ3) is 6.97. The molecule has 4 nitrogen and oxygen atoms in total. The highest BCUT2D eigenvalue weighted by Gasteiger charge is 2.21. The second kappa shape index (κ2) is 9.94. The van der Waals surface area contributed by atoms with Gasteiger partial charge in [-0.05, 0) is 64.4 Å². The summed E-state index contributed by atoms with van der Waals surface area (Å²) in [5.74, 6) is -1.97. The van der Waals surface area contributed by atoms with Crippen molar-refractivity contribution in [1.29, 1.82) is 0 Å². The maximum absolute atomic E-state index is 13.3. The van der Waals surface area contributed by atoms with Crippen molar-refractivity contribution in [2.24, 2.45) is 0 Å². The minimum atomic E-state index is -0.949. The molecule has 2 rings (SSSR count). The van der Waals surface area contributed by atoms with Gasteiger partial charge < -0.3 is 15.7 Å². The predicted octanol–water partition coefficient (Wildman–Crippen LogP) is 2.58. The monoisotopic (exact) mass is 473 g/mol. The van der Waals surface area contributed by atoms with Crippen molar-refractivity contribution in [2.45, 2.75) is 25.1 Å². The van der Waals surface area contributed by atoms with Crippen molar-refractivity contribution < 1.29 is 18.7 Å². The molecular weight excluding hydrogens is 453 g/mol. The molecule has 2 aromatic carbocycles. The highest BCUT2D eigenvalue weighted by Crippen LogP contribution is 2.12. The molecule has 26 heavy (non-hydrogen) atoms. The topological polar surface area (TPSA) is 61.4 Å². The summed E-state index contributed by atoms with van der Waals surface area (Å²) >= 11 is 2.22. The van der Waals surface area contributed by atoms with Crippen LogP contribution in [0.2, 0.25) is 0 Å². The average Bonchev–Trinajstić information content (AvgIpc) is 2.53. The van der Waals surface area contributed by atoms with E-state index in [1.165, 1.54) is 12.1 Å². The van der Waals surface area contributed by atoms with Gasteiger partial charge in [-0.1, -0.05) is 12.1 Å². The SMILES string of the molecule is [CH2]C(=O)N[C@@H](Cc1cc(F)cc(F)c1)[C@H](O)CNCc1cccc(I)c1. The standard InChI is InChI=1S/C19H20F2IN2O2/c1-12(25)24-18(8-14-5-15(20)9-16(21)6-14)19(26)11-23-10-13-3-2-4-17(22)7-13/h2-7,9,18-19,23,26H,1,8,10-11H2,(H,24,25)/t18-,19+/m0/s1. The third-order valence-corrected chi connectivity index (χ3v) is 4.43. The molecule has 0 aromatic heterocycles. The summed E-state index contributed by atoms with van der Waals surface area (Å²) in [7, 11) is 0. The molecule has 1 radical (unpaired) electrons. The number of amides is 1. The molecular formula is C19H20F2IN2O2. The molecule has 0 heterocycles. The fourth-order valence-corrected chi connectivity index (χ4v) is 3.23. The Bertz CT molecular complexity index is 738. The Kier molecular flexibility index (Phi) is 7.92. The van der Waals surface area contributed by atoms with E-state index in [9.17, 15) is 18.7 Å². The van der Waals surface area contributed by atoms with Crippen LogP contribution in [0.3, 0.4) is 0 Å². The van der Waals surface area contributed by atoms with Crippen LogP contribution in [0, 0.1) is 22.1 Å². The quantitative estimate of drug-likeness (QED) is 0.517. The lowest BCUT2D eigenvalue weighted by atomic mass is 10.0. The predicted molar refractivity (Wildman–Crippen MR) is 104 cm³/mol. The molecule has 0 fully saturated rings. The van der Waals surface area contributed by atoms with Gasteiger partial charge in [-0.25, -0.2) is 8.78 Å². The van der Waals surface area contributed by atoms with Crippen molar-refractivity contribution >= 4 is 28.5 Å². The summed E-state index contributed by atoms with van der Waals surface area (Å²) in [6, 6.07) is 10.3. The van der Waals surface area contributed by atoms with E-state index in [-0.39, 0.29) is 13.0 Å². The van der Waals surface area contributed by atoms with Crippen LogP contribution in [-0.4, -0.2) is 29.7 Å². The second-order valence-corrected chi connectivity index (χ2v) is 7.23. The van der Waals surface area contributed by atoms with E-state index < -0.39 is 29.7 Å². The zero-order valence-electron chi connectivity index (χ0n) is 14.0. The van der Waals surface area contributed by atoms with Gasteiger partial charge in [0.2, 0.25) is 5.91 Å². The van der Waals surface area contributed by atoms with Gasteiger partial charge in [0, 0.05) is 29.6 Å². The van der Waals surface area contributed by atoms with Crippen LogP contribution in [0.1, 0.15) is 11.1 Å². The molecule has 0 aliphatic carbocycles. The number of rotatable bonds is 8. The number of aliphatic hydroxyl groups excluding tert-OH is 1. The number of carbonyl (C=O) groups excluding carboxylic acids is 1. The van der Waals surface area contributed by atoms with Crippen molar-refractivity contribution in [3.8, 4) is 0 Å². The van der Waals surface area contributed by atoms with Crippen LogP contribution in [-0.2, 0) is 17.8 Å². The van der Waals surface area contributed by atoms with Gasteiger partial charge in [0.1, 0.15) is 11.6 Å². The van der Waals surface area contributed by atoms with Crippen LogP contribution >= 0.6 is 22.6 Å². The van der Waals surface area contributed by atoms with Gasteiger partial charge in [-0.2, -0.15) is 0 Å². The van der Waals surface area contributed by atoms with Crippen LogP contribution < -0.4 is 10.6 Å². The molecule has 0 aliphatic rings. The van der Waals surface area contributed by atoms with Crippen LogP contribution in [0.15, 0.2) is 42.5 Å². The van der Waals surface area contributed by atoms with Crippen molar-refractivity contribution in [2.75, 3.05) is 6.54 Å². The summed E-state index contributed by atoms with van der Waals surface area (Å²) in [5.41, 5.74) is 1.41. The molecule has 2 atom stereocenters. The third-order valence-electron chi connectivity index (χ3n) is 3.76. The molecule has 7 heteroatoms. The molecule has 0 spiro atoms. The summed E-state index contributed by atoms with van der Waals surface area (Å²) < 4.78 is 27.8.